The highest BCUT2D eigenvalue weighted by Gasteiger charge is 2.09. The zero-order chi connectivity index (χ0) is 27.2. The van der Waals surface area contributed by atoms with Gasteiger partial charge in [-0.1, -0.05) is 135 Å². The van der Waals surface area contributed by atoms with Crippen molar-refractivity contribution < 1.29 is 9.53 Å². The first-order valence-electron chi connectivity index (χ1n) is 16.5. The second-order valence-corrected chi connectivity index (χ2v) is 11.8. The second kappa shape index (κ2) is 29.7. The number of nitrogens with zero attached hydrogens (tertiary/aromatic N) is 1. The zero-order valence-corrected chi connectivity index (χ0v) is 25.9. The molecule has 0 aliphatic heterocycles. The van der Waals surface area contributed by atoms with Gasteiger partial charge in [0.05, 0.1) is 7.11 Å². The molecule has 0 aliphatic carbocycles. The van der Waals surface area contributed by atoms with Gasteiger partial charge >= 0.3 is 5.97 Å². The van der Waals surface area contributed by atoms with Gasteiger partial charge in [0.25, 0.3) is 0 Å². The van der Waals surface area contributed by atoms with E-state index in [1.165, 1.54) is 155 Å². The third-order valence-corrected chi connectivity index (χ3v) is 7.83. The van der Waals surface area contributed by atoms with Gasteiger partial charge < -0.3 is 9.64 Å². The predicted molar refractivity (Wildman–Crippen MR) is 164 cm³/mol. The molecule has 0 bridgehead atoms. The summed E-state index contributed by atoms with van der Waals surface area (Å²) in [6.07, 6.45) is 38.0. The van der Waals surface area contributed by atoms with Gasteiger partial charge in [-0.05, 0) is 65.1 Å². The third kappa shape index (κ3) is 29.6. The minimum absolute atomic E-state index is 0.0726. The fourth-order valence-electron chi connectivity index (χ4n) is 5.24. The first-order valence-corrected chi connectivity index (χ1v) is 16.5. The molecule has 0 aromatic heterocycles. The lowest BCUT2D eigenvalue weighted by molar-refractivity contribution is -0.140. The Morgan fingerprint density at radius 1 is 0.622 bits per heavy atom. The molecule has 0 saturated carbocycles. The van der Waals surface area contributed by atoms with Crippen LogP contribution in [0, 0.1) is 5.92 Å². The monoisotopic (exact) mass is 522 g/mol. The van der Waals surface area contributed by atoms with E-state index in [0.29, 0.717) is 6.42 Å². The van der Waals surface area contributed by atoms with Crippen LogP contribution in [0.15, 0.2) is 12.2 Å². The Morgan fingerprint density at radius 3 is 1.51 bits per heavy atom. The molecular formula is C34H67NO2. The number of unbranched alkanes of at least 4 members (excludes halogenated alkanes) is 18. The van der Waals surface area contributed by atoms with Crippen molar-refractivity contribution >= 4 is 5.97 Å². The number of esters is 1. The van der Waals surface area contributed by atoms with Crippen LogP contribution in [0.4, 0.5) is 0 Å². The van der Waals surface area contributed by atoms with Crippen molar-refractivity contribution in [3.63, 3.8) is 0 Å². The summed E-state index contributed by atoms with van der Waals surface area (Å²) in [5.74, 6) is 0.885. The molecule has 0 rings (SSSR count). The fraction of sp³-hybridized carbons (Fsp3) is 0.912. The van der Waals surface area contributed by atoms with Crippen LogP contribution in [0.25, 0.3) is 0 Å². The summed E-state index contributed by atoms with van der Waals surface area (Å²) in [7, 11) is 5.91. The van der Waals surface area contributed by atoms with Gasteiger partial charge in [0.2, 0.25) is 0 Å². The molecule has 0 aliphatic rings. The zero-order valence-electron chi connectivity index (χ0n) is 25.9. The van der Waals surface area contributed by atoms with E-state index in [4.69, 9.17) is 0 Å². The molecule has 0 saturated heterocycles. The maximum Gasteiger partial charge on any atom is 0.305 e. The molecule has 0 heterocycles. The molecule has 220 valence electrons. The summed E-state index contributed by atoms with van der Waals surface area (Å²) in [4.78, 5) is 13.4. The summed E-state index contributed by atoms with van der Waals surface area (Å²) in [5, 5.41) is 0. The summed E-state index contributed by atoms with van der Waals surface area (Å²) in [6, 6.07) is 0. The molecule has 3 heteroatoms. The van der Waals surface area contributed by atoms with Crippen LogP contribution in [0.2, 0.25) is 0 Å². The molecule has 0 fully saturated rings. The van der Waals surface area contributed by atoms with Crippen LogP contribution in [0.5, 0.6) is 0 Å². The SMILES string of the molecule is CCCCCCCCC(CCCCCCCCCC/C=C\CCCCCCCC(=O)OC)CCN(C)C. The van der Waals surface area contributed by atoms with E-state index in [1.807, 2.05) is 0 Å². The molecule has 0 radical (unpaired) electrons. The number of ether oxygens (including phenoxy) is 1. The molecular weight excluding hydrogens is 454 g/mol. The number of hydrogen-bond acceptors (Lipinski definition) is 3. The van der Waals surface area contributed by atoms with Crippen molar-refractivity contribution in [1.29, 1.82) is 0 Å². The van der Waals surface area contributed by atoms with E-state index < -0.39 is 0 Å². The molecule has 0 N–H and O–H groups in total. The Kier molecular flexibility index (Phi) is 29.1. The number of rotatable bonds is 29. The maximum atomic E-state index is 11.1. The van der Waals surface area contributed by atoms with Gasteiger partial charge in [-0.15, -0.1) is 0 Å². The Hall–Kier alpha value is -0.830. The molecule has 3 nitrogen and oxygen atoms in total. The normalized spacial score (nSPS) is 12.6. The molecule has 0 aromatic carbocycles. The average Bonchev–Trinajstić information content (AvgIpc) is 2.89. The van der Waals surface area contributed by atoms with Crippen molar-refractivity contribution in [2.24, 2.45) is 5.92 Å². The number of hydrogen-bond donors (Lipinski definition) is 0. The first-order chi connectivity index (χ1) is 18.1. The Balaban J connectivity index is 3.50. The molecule has 1 atom stereocenters. The van der Waals surface area contributed by atoms with E-state index >= 15 is 0 Å². The van der Waals surface area contributed by atoms with E-state index in [9.17, 15) is 4.79 Å². The lowest BCUT2D eigenvalue weighted by Crippen LogP contribution is -2.17. The number of carbonyl (C=O) groups excluding carboxylic acids is 1. The van der Waals surface area contributed by atoms with Crippen molar-refractivity contribution in [1.82, 2.24) is 4.90 Å². The van der Waals surface area contributed by atoms with Gasteiger partial charge in [0, 0.05) is 6.42 Å². The summed E-state index contributed by atoms with van der Waals surface area (Å²) < 4.78 is 4.67. The van der Waals surface area contributed by atoms with Crippen molar-refractivity contribution in [2.75, 3.05) is 27.7 Å². The van der Waals surface area contributed by atoms with Gasteiger partial charge in [0.15, 0.2) is 0 Å². The summed E-state index contributed by atoms with van der Waals surface area (Å²) in [6.45, 7) is 3.57. The van der Waals surface area contributed by atoms with Gasteiger partial charge in [-0.2, -0.15) is 0 Å². The first kappa shape index (κ1) is 36.2. The van der Waals surface area contributed by atoms with Gasteiger partial charge in [0.1, 0.15) is 0 Å². The molecule has 0 aromatic rings. The van der Waals surface area contributed by atoms with Crippen molar-refractivity contribution in [2.45, 2.75) is 167 Å². The average molecular weight is 522 g/mol. The van der Waals surface area contributed by atoms with Crippen LogP contribution in [-0.4, -0.2) is 38.6 Å². The highest BCUT2D eigenvalue weighted by molar-refractivity contribution is 5.68. The van der Waals surface area contributed by atoms with Crippen LogP contribution in [-0.2, 0) is 9.53 Å². The standard InChI is InChI=1S/C34H67NO2/c1-5-6-7-8-22-25-28-33(31-32-35(2)3)29-26-23-20-18-16-14-12-10-9-11-13-15-17-19-21-24-27-30-34(36)37-4/h11,13,33H,5-10,12,14-32H2,1-4H3/b13-11-. The minimum Gasteiger partial charge on any atom is -0.469 e. The molecule has 1 unspecified atom stereocenters. The van der Waals surface area contributed by atoms with Gasteiger partial charge in [-0.25, -0.2) is 0 Å². The summed E-state index contributed by atoms with van der Waals surface area (Å²) >= 11 is 0. The van der Waals surface area contributed by atoms with Crippen LogP contribution >= 0.6 is 0 Å². The van der Waals surface area contributed by atoms with Gasteiger partial charge in [-0.3, -0.25) is 4.79 Å². The highest BCUT2D eigenvalue weighted by Crippen LogP contribution is 2.22. The smallest absolute Gasteiger partial charge is 0.305 e. The Labute approximate surface area is 233 Å². The Bertz CT molecular complexity index is 488. The van der Waals surface area contributed by atoms with E-state index in [1.54, 1.807) is 0 Å². The fourth-order valence-corrected chi connectivity index (χ4v) is 5.24. The van der Waals surface area contributed by atoms with E-state index in [-0.39, 0.29) is 5.97 Å². The minimum atomic E-state index is -0.0726. The van der Waals surface area contributed by atoms with Crippen molar-refractivity contribution in [3.8, 4) is 0 Å². The number of methoxy groups -OCH3 is 1. The molecule has 0 amide bonds. The van der Waals surface area contributed by atoms with E-state index in [0.717, 1.165) is 18.8 Å². The topological polar surface area (TPSA) is 29.5 Å². The second-order valence-electron chi connectivity index (χ2n) is 11.8. The lowest BCUT2D eigenvalue weighted by atomic mass is 9.91. The number of carbonyl (C=O) groups is 1. The quantitative estimate of drug-likeness (QED) is 0.0557. The van der Waals surface area contributed by atoms with Crippen molar-refractivity contribution in [3.05, 3.63) is 12.2 Å². The maximum absolute atomic E-state index is 11.1. The van der Waals surface area contributed by atoms with Crippen LogP contribution < -0.4 is 0 Å². The van der Waals surface area contributed by atoms with Crippen LogP contribution in [0.1, 0.15) is 167 Å². The Morgan fingerprint density at radius 2 is 1.05 bits per heavy atom. The number of allylic oxidation sites excluding steroid dienone is 2. The lowest BCUT2D eigenvalue weighted by Gasteiger charge is -2.19. The third-order valence-electron chi connectivity index (χ3n) is 7.83. The largest absolute Gasteiger partial charge is 0.469 e. The summed E-state index contributed by atoms with van der Waals surface area (Å²) in [5.41, 5.74) is 0. The van der Waals surface area contributed by atoms with Crippen LogP contribution in [0.3, 0.4) is 0 Å². The molecule has 0 spiro atoms. The predicted octanol–water partition coefficient (Wildman–Crippen LogP) is 10.7. The highest BCUT2D eigenvalue weighted by atomic mass is 16.5. The molecule has 37 heavy (non-hydrogen) atoms. The van der Waals surface area contributed by atoms with E-state index in [2.05, 4.69) is 42.8 Å².